The SMILES string of the molecule is Cc1cc(C)nc(-c2cccc(C(=O)NCC3Cc4ccccc4CN3C)c2)c1. The lowest BCUT2D eigenvalue weighted by atomic mass is 9.94. The molecule has 1 N–H and O–H groups in total. The van der Waals surface area contributed by atoms with Crippen LogP contribution in [0.5, 0.6) is 0 Å². The van der Waals surface area contributed by atoms with Gasteiger partial charge in [-0.25, -0.2) is 0 Å². The lowest BCUT2D eigenvalue weighted by Crippen LogP contribution is -2.45. The second kappa shape index (κ2) is 8.18. The summed E-state index contributed by atoms with van der Waals surface area (Å²) < 4.78 is 0. The molecule has 1 aromatic heterocycles. The third-order valence-corrected chi connectivity index (χ3v) is 5.63. The summed E-state index contributed by atoms with van der Waals surface area (Å²) in [6, 6.07) is 20.7. The summed E-state index contributed by atoms with van der Waals surface area (Å²) in [5.74, 6) is -0.0384. The summed E-state index contributed by atoms with van der Waals surface area (Å²) in [7, 11) is 2.12. The molecule has 1 unspecified atom stereocenters. The zero-order chi connectivity index (χ0) is 20.4. The van der Waals surface area contributed by atoms with E-state index in [1.807, 2.05) is 31.2 Å². The van der Waals surface area contributed by atoms with Crippen LogP contribution in [-0.4, -0.2) is 35.4 Å². The van der Waals surface area contributed by atoms with Gasteiger partial charge in [-0.15, -0.1) is 0 Å². The van der Waals surface area contributed by atoms with E-state index in [1.54, 1.807) is 0 Å². The molecule has 148 valence electrons. The Bertz CT molecular complexity index is 1020. The van der Waals surface area contributed by atoms with Crippen molar-refractivity contribution in [2.45, 2.75) is 32.9 Å². The Hall–Kier alpha value is -2.98. The number of carbonyl (C=O) groups excluding carboxylic acids is 1. The molecule has 2 heterocycles. The number of aromatic nitrogens is 1. The number of fused-ring (bicyclic) bond motifs is 1. The van der Waals surface area contributed by atoms with E-state index in [9.17, 15) is 4.79 Å². The minimum Gasteiger partial charge on any atom is -0.350 e. The first-order valence-electron chi connectivity index (χ1n) is 10.1. The van der Waals surface area contributed by atoms with Crippen LogP contribution in [0.15, 0.2) is 60.7 Å². The predicted octanol–water partition coefficient (Wildman–Crippen LogP) is 4.15. The molecule has 0 fully saturated rings. The van der Waals surface area contributed by atoms with E-state index < -0.39 is 0 Å². The molecule has 1 atom stereocenters. The molecular formula is C25H27N3O. The van der Waals surface area contributed by atoms with Crippen molar-refractivity contribution in [3.63, 3.8) is 0 Å². The van der Waals surface area contributed by atoms with E-state index in [0.717, 1.165) is 29.9 Å². The van der Waals surface area contributed by atoms with Crippen molar-refractivity contribution >= 4 is 5.91 Å². The highest BCUT2D eigenvalue weighted by Gasteiger charge is 2.23. The number of pyridine rings is 1. The number of hydrogen-bond donors (Lipinski definition) is 1. The number of hydrogen-bond acceptors (Lipinski definition) is 3. The highest BCUT2D eigenvalue weighted by Crippen LogP contribution is 2.22. The number of aryl methyl sites for hydroxylation is 2. The topological polar surface area (TPSA) is 45.2 Å². The third-order valence-electron chi connectivity index (χ3n) is 5.63. The molecule has 4 heteroatoms. The van der Waals surface area contributed by atoms with Crippen LogP contribution in [0.1, 0.15) is 32.7 Å². The minimum absolute atomic E-state index is 0.0384. The first-order valence-corrected chi connectivity index (χ1v) is 10.1. The maximum Gasteiger partial charge on any atom is 0.251 e. The van der Waals surface area contributed by atoms with Crippen molar-refractivity contribution in [3.8, 4) is 11.3 Å². The molecule has 1 amide bonds. The fourth-order valence-corrected chi connectivity index (χ4v) is 4.07. The van der Waals surface area contributed by atoms with Crippen molar-refractivity contribution in [2.75, 3.05) is 13.6 Å². The van der Waals surface area contributed by atoms with E-state index in [-0.39, 0.29) is 5.91 Å². The highest BCUT2D eigenvalue weighted by molar-refractivity contribution is 5.95. The van der Waals surface area contributed by atoms with Crippen LogP contribution in [0.3, 0.4) is 0 Å². The molecule has 0 bridgehead atoms. The van der Waals surface area contributed by atoms with E-state index in [0.29, 0.717) is 18.2 Å². The van der Waals surface area contributed by atoms with Gasteiger partial charge < -0.3 is 5.32 Å². The average molecular weight is 386 g/mol. The zero-order valence-corrected chi connectivity index (χ0v) is 17.3. The van der Waals surface area contributed by atoms with Gasteiger partial charge in [0, 0.05) is 36.0 Å². The molecule has 0 saturated heterocycles. The Kier molecular flexibility index (Phi) is 5.45. The van der Waals surface area contributed by atoms with Gasteiger partial charge in [0.1, 0.15) is 0 Å². The van der Waals surface area contributed by atoms with Crippen LogP contribution >= 0.6 is 0 Å². The van der Waals surface area contributed by atoms with Gasteiger partial charge in [-0.1, -0.05) is 36.4 Å². The smallest absolute Gasteiger partial charge is 0.251 e. The number of likely N-dealkylation sites (N-methyl/N-ethyl adjacent to an activating group) is 1. The molecule has 2 aromatic carbocycles. The summed E-state index contributed by atoms with van der Waals surface area (Å²) in [5.41, 5.74) is 7.45. The summed E-state index contributed by atoms with van der Waals surface area (Å²) in [4.78, 5) is 19.7. The standard InChI is InChI=1S/C25H27N3O/c1-17-11-18(2)27-24(12-17)20-9-6-10-21(13-20)25(29)26-15-23-14-19-7-4-5-8-22(19)16-28(23)3/h4-13,23H,14-16H2,1-3H3,(H,26,29). The lowest BCUT2D eigenvalue weighted by molar-refractivity contribution is 0.0934. The third kappa shape index (κ3) is 4.38. The Labute approximate surface area is 172 Å². The van der Waals surface area contributed by atoms with Crippen LogP contribution in [-0.2, 0) is 13.0 Å². The maximum atomic E-state index is 12.8. The zero-order valence-electron chi connectivity index (χ0n) is 17.3. The van der Waals surface area contributed by atoms with Gasteiger partial charge in [0.15, 0.2) is 0 Å². The number of benzene rings is 2. The second-order valence-electron chi connectivity index (χ2n) is 8.00. The van der Waals surface area contributed by atoms with Gasteiger partial charge in [-0.2, -0.15) is 0 Å². The van der Waals surface area contributed by atoms with Gasteiger partial charge in [0.05, 0.1) is 5.69 Å². The summed E-state index contributed by atoms with van der Waals surface area (Å²) in [6.45, 7) is 5.61. The van der Waals surface area contributed by atoms with E-state index in [1.165, 1.54) is 16.7 Å². The fraction of sp³-hybridized carbons (Fsp3) is 0.280. The fourth-order valence-electron chi connectivity index (χ4n) is 4.07. The lowest BCUT2D eigenvalue weighted by Gasteiger charge is -2.34. The largest absolute Gasteiger partial charge is 0.350 e. The number of rotatable bonds is 4. The molecule has 1 aliphatic rings. The number of nitrogens with zero attached hydrogens (tertiary/aromatic N) is 2. The Morgan fingerprint density at radius 2 is 1.86 bits per heavy atom. The molecule has 3 aromatic rings. The van der Waals surface area contributed by atoms with Crippen molar-refractivity contribution < 1.29 is 4.79 Å². The first kappa shape index (κ1) is 19.3. The summed E-state index contributed by atoms with van der Waals surface area (Å²) in [6.07, 6.45) is 0.958. The van der Waals surface area contributed by atoms with Gasteiger partial charge in [0.25, 0.3) is 5.91 Å². The molecule has 0 radical (unpaired) electrons. The Morgan fingerprint density at radius 1 is 1.07 bits per heavy atom. The van der Waals surface area contributed by atoms with Crippen LogP contribution < -0.4 is 5.32 Å². The monoisotopic (exact) mass is 385 g/mol. The normalized spacial score (nSPS) is 16.3. The molecule has 0 saturated carbocycles. The van der Waals surface area contributed by atoms with Crippen molar-refractivity contribution in [2.24, 2.45) is 0 Å². The Morgan fingerprint density at radius 3 is 2.66 bits per heavy atom. The quantitative estimate of drug-likeness (QED) is 0.734. The van der Waals surface area contributed by atoms with Gasteiger partial charge in [0.2, 0.25) is 0 Å². The highest BCUT2D eigenvalue weighted by atomic mass is 16.1. The summed E-state index contributed by atoms with van der Waals surface area (Å²) >= 11 is 0. The second-order valence-corrected chi connectivity index (χ2v) is 8.00. The Balaban J connectivity index is 1.45. The van der Waals surface area contributed by atoms with Crippen LogP contribution in [0, 0.1) is 13.8 Å². The molecule has 1 aliphatic heterocycles. The molecule has 0 aliphatic carbocycles. The number of carbonyl (C=O) groups is 1. The molecular weight excluding hydrogens is 358 g/mol. The maximum absolute atomic E-state index is 12.8. The van der Waals surface area contributed by atoms with E-state index >= 15 is 0 Å². The van der Waals surface area contributed by atoms with Crippen molar-refractivity contribution in [1.29, 1.82) is 0 Å². The minimum atomic E-state index is -0.0384. The van der Waals surface area contributed by atoms with Gasteiger partial charge >= 0.3 is 0 Å². The van der Waals surface area contributed by atoms with Crippen molar-refractivity contribution in [3.05, 3.63) is 88.6 Å². The molecule has 0 spiro atoms. The number of nitrogens with one attached hydrogen (secondary N) is 1. The van der Waals surface area contributed by atoms with Gasteiger partial charge in [-0.05, 0) is 68.3 Å². The predicted molar refractivity (Wildman–Crippen MR) is 117 cm³/mol. The van der Waals surface area contributed by atoms with Crippen LogP contribution in [0.4, 0.5) is 0 Å². The van der Waals surface area contributed by atoms with Crippen LogP contribution in [0.25, 0.3) is 11.3 Å². The average Bonchev–Trinajstić information content (AvgIpc) is 2.71. The molecule has 29 heavy (non-hydrogen) atoms. The number of amides is 1. The van der Waals surface area contributed by atoms with E-state index in [4.69, 9.17) is 0 Å². The molecule has 4 nitrogen and oxygen atoms in total. The van der Waals surface area contributed by atoms with Crippen LogP contribution in [0.2, 0.25) is 0 Å². The first-order chi connectivity index (χ1) is 14.0. The summed E-state index contributed by atoms with van der Waals surface area (Å²) in [5, 5.41) is 3.13. The van der Waals surface area contributed by atoms with E-state index in [2.05, 4.69) is 65.6 Å². The van der Waals surface area contributed by atoms with Crippen molar-refractivity contribution in [1.82, 2.24) is 15.2 Å². The van der Waals surface area contributed by atoms with Gasteiger partial charge in [-0.3, -0.25) is 14.7 Å². The molecule has 4 rings (SSSR count).